The average Bonchev–Trinajstić information content (AvgIpc) is 2.62. The van der Waals surface area contributed by atoms with E-state index in [1.807, 2.05) is 30.3 Å². The molecule has 25 heavy (non-hydrogen) atoms. The van der Waals surface area contributed by atoms with E-state index >= 15 is 0 Å². The summed E-state index contributed by atoms with van der Waals surface area (Å²) in [5.41, 5.74) is 0.896. The van der Waals surface area contributed by atoms with Gasteiger partial charge >= 0.3 is 0 Å². The predicted octanol–water partition coefficient (Wildman–Crippen LogP) is 4.67. The first-order valence-electron chi connectivity index (χ1n) is 7.82. The highest BCUT2D eigenvalue weighted by Crippen LogP contribution is 2.23. The Morgan fingerprint density at radius 1 is 0.880 bits per heavy atom. The molecule has 3 rings (SSSR count). The van der Waals surface area contributed by atoms with Crippen molar-refractivity contribution in [3.8, 4) is 11.5 Å². The number of anilines is 2. The van der Waals surface area contributed by atoms with Crippen molar-refractivity contribution in [2.24, 2.45) is 0 Å². The number of benzene rings is 3. The van der Waals surface area contributed by atoms with Crippen LogP contribution in [0, 0.1) is 5.82 Å². The van der Waals surface area contributed by atoms with E-state index in [9.17, 15) is 9.18 Å². The summed E-state index contributed by atoms with van der Waals surface area (Å²) in [5.74, 6) is 0.659. The minimum atomic E-state index is -0.395. The number of carbonyl (C=O) groups excluding carboxylic acids is 1. The summed E-state index contributed by atoms with van der Waals surface area (Å²) in [7, 11) is 0. The predicted molar refractivity (Wildman–Crippen MR) is 96.5 cm³/mol. The number of hydrogen-bond donors (Lipinski definition) is 2. The van der Waals surface area contributed by atoms with Crippen LogP contribution in [0.4, 0.5) is 15.8 Å². The molecule has 0 spiro atoms. The van der Waals surface area contributed by atoms with Crippen LogP contribution < -0.4 is 15.4 Å². The van der Waals surface area contributed by atoms with Crippen LogP contribution in [0.1, 0.15) is 0 Å². The molecule has 0 saturated heterocycles. The van der Waals surface area contributed by atoms with Gasteiger partial charge in [-0.25, -0.2) is 4.39 Å². The molecule has 0 aliphatic carbocycles. The highest BCUT2D eigenvalue weighted by molar-refractivity contribution is 5.93. The minimum Gasteiger partial charge on any atom is -0.457 e. The molecule has 126 valence electrons. The number of amides is 1. The van der Waals surface area contributed by atoms with Gasteiger partial charge in [0, 0.05) is 11.8 Å². The van der Waals surface area contributed by atoms with Crippen LogP contribution in [0.15, 0.2) is 78.9 Å². The summed E-state index contributed by atoms with van der Waals surface area (Å²) in [4.78, 5) is 12.0. The van der Waals surface area contributed by atoms with Crippen molar-refractivity contribution in [1.82, 2.24) is 0 Å². The highest BCUT2D eigenvalue weighted by atomic mass is 19.1. The first-order valence-corrected chi connectivity index (χ1v) is 7.82. The van der Waals surface area contributed by atoms with Gasteiger partial charge in [-0.05, 0) is 36.4 Å². The highest BCUT2D eigenvalue weighted by Gasteiger charge is 2.06. The molecule has 1 amide bonds. The van der Waals surface area contributed by atoms with Crippen LogP contribution in [0.3, 0.4) is 0 Å². The second kappa shape index (κ2) is 7.97. The number of ether oxygens (including phenoxy) is 1. The molecule has 0 fully saturated rings. The summed E-state index contributed by atoms with van der Waals surface area (Å²) >= 11 is 0. The van der Waals surface area contributed by atoms with Crippen molar-refractivity contribution in [3.63, 3.8) is 0 Å². The Labute approximate surface area is 145 Å². The second-order valence-electron chi connectivity index (χ2n) is 5.32. The normalized spacial score (nSPS) is 10.1. The molecule has 0 radical (unpaired) electrons. The number of halogens is 1. The second-order valence-corrected chi connectivity index (χ2v) is 5.32. The van der Waals surface area contributed by atoms with Gasteiger partial charge in [0.25, 0.3) is 0 Å². The van der Waals surface area contributed by atoms with Crippen LogP contribution in [0.2, 0.25) is 0 Å². The topological polar surface area (TPSA) is 50.4 Å². The van der Waals surface area contributed by atoms with Crippen molar-refractivity contribution in [1.29, 1.82) is 0 Å². The fourth-order valence-corrected chi connectivity index (χ4v) is 2.25. The zero-order chi connectivity index (χ0) is 17.5. The molecule has 5 heteroatoms. The van der Waals surface area contributed by atoms with Crippen molar-refractivity contribution in [3.05, 3.63) is 84.7 Å². The molecule has 3 aromatic rings. The quantitative estimate of drug-likeness (QED) is 0.688. The van der Waals surface area contributed by atoms with Gasteiger partial charge in [0.2, 0.25) is 5.91 Å². The summed E-state index contributed by atoms with van der Waals surface area (Å²) in [6.07, 6.45) is 0. The van der Waals surface area contributed by atoms with Crippen molar-refractivity contribution < 1.29 is 13.9 Å². The molecule has 2 N–H and O–H groups in total. The summed E-state index contributed by atoms with van der Waals surface area (Å²) in [6.45, 7) is -0.0370. The molecule has 0 heterocycles. The first kappa shape index (κ1) is 16.5. The minimum absolute atomic E-state index is 0.0370. The van der Waals surface area contributed by atoms with Gasteiger partial charge in [-0.2, -0.15) is 0 Å². The first-order chi connectivity index (χ1) is 12.2. The Bertz CT molecular complexity index is 853. The molecule has 0 aliphatic rings. The third-order valence-corrected chi connectivity index (χ3v) is 3.41. The van der Waals surface area contributed by atoms with E-state index < -0.39 is 5.82 Å². The Hall–Kier alpha value is -3.34. The lowest BCUT2D eigenvalue weighted by molar-refractivity contribution is -0.114. The van der Waals surface area contributed by atoms with Crippen LogP contribution in [-0.4, -0.2) is 12.5 Å². The fraction of sp³-hybridized carbons (Fsp3) is 0.0500. The van der Waals surface area contributed by atoms with E-state index in [0.717, 1.165) is 0 Å². The van der Waals surface area contributed by atoms with Crippen LogP contribution >= 0.6 is 0 Å². The lowest BCUT2D eigenvalue weighted by Crippen LogP contribution is -2.22. The Morgan fingerprint density at radius 2 is 1.60 bits per heavy atom. The van der Waals surface area contributed by atoms with E-state index in [2.05, 4.69) is 10.6 Å². The van der Waals surface area contributed by atoms with E-state index in [4.69, 9.17) is 4.74 Å². The number of carbonyl (C=O) groups is 1. The lowest BCUT2D eigenvalue weighted by Gasteiger charge is -2.10. The van der Waals surface area contributed by atoms with Crippen molar-refractivity contribution in [2.45, 2.75) is 0 Å². The molecule has 0 bridgehead atoms. The maximum atomic E-state index is 13.5. The molecular formula is C20H17FN2O2. The zero-order valence-corrected chi connectivity index (χ0v) is 13.4. The monoisotopic (exact) mass is 336 g/mol. The third-order valence-electron chi connectivity index (χ3n) is 3.41. The van der Waals surface area contributed by atoms with Gasteiger partial charge in [-0.3, -0.25) is 4.79 Å². The van der Waals surface area contributed by atoms with Gasteiger partial charge in [0.05, 0.1) is 12.2 Å². The lowest BCUT2D eigenvalue weighted by atomic mass is 10.3. The van der Waals surface area contributed by atoms with Crippen LogP contribution in [0.5, 0.6) is 11.5 Å². The van der Waals surface area contributed by atoms with E-state index in [-0.39, 0.29) is 12.5 Å². The van der Waals surface area contributed by atoms with E-state index in [1.165, 1.54) is 6.07 Å². The zero-order valence-electron chi connectivity index (χ0n) is 13.4. The summed E-state index contributed by atoms with van der Waals surface area (Å²) in [5, 5.41) is 5.52. The van der Waals surface area contributed by atoms with Gasteiger partial charge in [0.1, 0.15) is 17.3 Å². The average molecular weight is 336 g/mol. The molecule has 0 saturated carbocycles. The number of hydrogen-bond acceptors (Lipinski definition) is 3. The molecule has 4 nitrogen and oxygen atoms in total. The standard InChI is InChI=1S/C20H17FN2O2/c21-18-11-4-5-12-19(18)22-14-20(24)23-15-7-6-10-17(13-15)25-16-8-2-1-3-9-16/h1-13,22H,14H2,(H,23,24). The number of nitrogens with one attached hydrogen (secondary N) is 2. The summed E-state index contributed by atoms with van der Waals surface area (Å²) in [6, 6.07) is 22.7. The largest absolute Gasteiger partial charge is 0.457 e. The van der Waals surface area contributed by atoms with Crippen molar-refractivity contribution >= 4 is 17.3 Å². The van der Waals surface area contributed by atoms with E-state index in [1.54, 1.807) is 42.5 Å². The molecule has 3 aromatic carbocycles. The van der Waals surface area contributed by atoms with Gasteiger partial charge in [0.15, 0.2) is 0 Å². The summed E-state index contributed by atoms with van der Waals surface area (Å²) < 4.78 is 19.2. The number of para-hydroxylation sites is 2. The Morgan fingerprint density at radius 3 is 2.40 bits per heavy atom. The maximum Gasteiger partial charge on any atom is 0.243 e. The van der Waals surface area contributed by atoms with Gasteiger partial charge in [-0.15, -0.1) is 0 Å². The van der Waals surface area contributed by atoms with Crippen LogP contribution in [-0.2, 0) is 4.79 Å². The third kappa shape index (κ3) is 4.81. The van der Waals surface area contributed by atoms with Crippen molar-refractivity contribution in [2.75, 3.05) is 17.2 Å². The molecule has 0 atom stereocenters. The van der Waals surface area contributed by atoms with Gasteiger partial charge < -0.3 is 15.4 Å². The molecule has 0 unspecified atom stereocenters. The maximum absolute atomic E-state index is 13.5. The SMILES string of the molecule is O=C(CNc1ccccc1F)Nc1cccc(Oc2ccccc2)c1. The smallest absolute Gasteiger partial charge is 0.243 e. The number of rotatable bonds is 6. The molecule has 0 aromatic heterocycles. The fourth-order valence-electron chi connectivity index (χ4n) is 2.25. The Balaban J connectivity index is 1.58. The molecule has 0 aliphatic heterocycles. The molecular weight excluding hydrogens is 319 g/mol. The van der Waals surface area contributed by atoms with E-state index in [0.29, 0.717) is 22.9 Å². The Kier molecular flexibility index (Phi) is 5.26. The van der Waals surface area contributed by atoms with Crippen LogP contribution in [0.25, 0.3) is 0 Å². The van der Waals surface area contributed by atoms with Gasteiger partial charge in [-0.1, -0.05) is 36.4 Å².